The van der Waals surface area contributed by atoms with Crippen LogP contribution < -0.4 is 10.3 Å². The van der Waals surface area contributed by atoms with Gasteiger partial charge in [0.15, 0.2) is 0 Å². The van der Waals surface area contributed by atoms with Crippen molar-refractivity contribution in [3.8, 4) is 11.3 Å². The molecular weight excluding hydrogens is 381 g/mol. The number of halogens is 1. The average Bonchev–Trinajstić information content (AvgIpc) is 2.68. The van der Waals surface area contributed by atoms with Gasteiger partial charge in [-0.05, 0) is 36.4 Å². The van der Waals surface area contributed by atoms with Crippen LogP contribution in [0.15, 0.2) is 82.5 Å². The smallest absolute Gasteiger partial charge is 0.275 e. The molecule has 8 heteroatoms. The number of hydrogen-bond donors (Lipinski definition) is 2. The summed E-state index contributed by atoms with van der Waals surface area (Å²) in [5.41, 5.74) is 1.26. The molecule has 28 heavy (non-hydrogen) atoms. The first kappa shape index (κ1) is 17.9. The second-order valence-corrected chi connectivity index (χ2v) is 7.72. The molecule has 0 aliphatic carbocycles. The fraction of sp³-hybridized carbons (Fsp3) is 0. The number of H-pyrrole nitrogens is 1. The molecule has 0 fully saturated rings. The molecule has 0 amide bonds. The van der Waals surface area contributed by atoms with Gasteiger partial charge >= 0.3 is 0 Å². The minimum atomic E-state index is -4.05. The summed E-state index contributed by atoms with van der Waals surface area (Å²) in [7, 11) is -4.05. The lowest BCUT2D eigenvalue weighted by Gasteiger charge is -2.12. The van der Waals surface area contributed by atoms with Crippen LogP contribution in [0, 0.1) is 5.82 Å². The van der Waals surface area contributed by atoms with Gasteiger partial charge in [0, 0.05) is 5.56 Å². The molecule has 0 bridgehead atoms. The topological polar surface area (TPSA) is 91.9 Å². The number of fused-ring (bicyclic) bond motifs is 1. The Balaban J connectivity index is 1.82. The molecule has 0 spiro atoms. The summed E-state index contributed by atoms with van der Waals surface area (Å²) >= 11 is 0. The van der Waals surface area contributed by atoms with Gasteiger partial charge in [-0.3, -0.25) is 9.52 Å². The van der Waals surface area contributed by atoms with E-state index in [1.54, 1.807) is 42.5 Å². The third-order valence-electron chi connectivity index (χ3n) is 4.13. The molecule has 6 nitrogen and oxygen atoms in total. The Kier molecular flexibility index (Phi) is 4.40. The van der Waals surface area contributed by atoms with E-state index in [1.165, 1.54) is 18.2 Å². The first-order valence-electron chi connectivity index (χ1n) is 8.31. The summed E-state index contributed by atoms with van der Waals surface area (Å²) in [5, 5.41) is 0. The highest BCUT2D eigenvalue weighted by molar-refractivity contribution is 7.92. The Morgan fingerprint density at radius 2 is 1.68 bits per heavy atom. The average molecular weight is 395 g/mol. The predicted molar refractivity (Wildman–Crippen MR) is 105 cm³/mol. The number of sulfonamides is 1. The van der Waals surface area contributed by atoms with E-state index >= 15 is 0 Å². The number of rotatable bonds is 4. The summed E-state index contributed by atoms with van der Waals surface area (Å²) in [6.45, 7) is 0. The van der Waals surface area contributed by atoms with E-state index in [0.717, 1.165) is 12.1 Å². The van der Waals surface area contributed by atoms with Crippen molar-refractivity contribution < 1.29 is 12.8 Å². The molecule has 0 aliphatic heterocycles. The van der Waals surface area contributed by atoms with Crippen LogP contribution in [0.3, 0.4) is 0 Å². The summed E-state index contributed by atoms with van der Waals surface area (Å²) in [4.78, 5) is 19.4. The van der Waals surface area contributed by atoms with Crippen molar-refractivity contribution in [1.29, 1.82) is 0 Å². The van der Waals surface area contributed by atoms with E-state index in [9.17, 15) is 17.6 Å². The lowest BCUT2D eigenvalue weighted by molar-refractivity contribution is 0.595. The Labute approximate surface area is 159 Å². The molecule has 4 rings (SSSR count). The van der Waals surface area contributed by atoms with Crippen molar-refractivity contribution in [1.82, 2.24) is 9.97 Å². The Hall–Kier alpha value is -3.52. The Morgan fingerprint density at radius 1 is 0.929 bits per heavy atom. The predicted octanol–water partition coefficient (Wildman–Crippen LogP) is 3.53. The van der Waals surface area contributed by atoms with Crippen molar-refractivity contribution in [3.05, 3.63) is 89.0 Å². The summed E-state index contributed by atoms with van der Waals surface area (Å²) in [5.74, 6) is -0.663. The van der Waals surface area contributed by atoms with Gasteiger partial charge in [-0.25, -0.2) is 17.8 Å². The number of aromatic amines is 1. The van der Waals surface area contributed by atoms with Gasteiger partial charge in [0.05, 0.1) is 21.6 Å². The zero-order valence-electron chi connectivity index (χ0n) is 14.4. The third-order valence-corrected chi connectivity index (χ3v) is 5.50. The minimum absolute atomic E-state index is 0.0799. The van der Waals surface area contributed by atoms with Gasteiger partial charge < -0.3 is 4.98 Å². The molecule has 0 radical (unpaired) electrons. The fourth-order valence-corrected chi connectivity index (χ4v) is 3.94. The van der Waals surface area contributed by atoms with E-state index in [1.807, 2.05) is 0 Å². The maximum atomic E-state index is 13.4. The normalized spacial score (nSPS) is 11.5. The molecule has 0 aliphatic rings. The van der Waals surface area contributed by atoms with Gasteiger partial charge in [-0.15, -0.1) is 0 Å². The quantitative estimate of drug-likeness (QED) is 0.553. The Bertz CT molecular complexity index is 1350. The van der Waals surface area contributed by atoms with Crippen LogP contribution in [0.4, 0.5) is 10.1 Å². The van der Waals surface area contributed by atoms with Crippen molar-refractivity contribution in [2.75, 3.05) is 4.72 Å². The van der Waals surface area contributed by atoms with Gasteiger partial charge in [0.1, 0.15) is 11.5 Å². The maximum Gasteiger partial charge on any atom is 0.275 e. The number of hydrogen-bond acceptors (Lipinski definition) is 4. The summed E-state index contributed by atoms with van der Waals surface area (Å²) in [6.07, 6.45) is 0. The van der Waals surface area contributed by atoms with Crippen molar-refractivity contribution in [2.24, 2.45) is 0 Å². The van der Waals surface area contributed by atoms with E-state index in [0.29, 0.717) is 16.6 Å². The zero-order valence-corrected chi connectivity index (χ0v) is 15.2. The van der Waals surface area contributed by atoms with Crippen LogP contribution in [0.2, 0.25) is 0 Å². The van der Waals surface area contributed by atoms with Gasteiger partial charge in [0.25, 0.3) is 15.6 Å². The fourth-order valence-electron chi connectivity index (χ4n) is 2.83. The van der Waals surface area contributed by atoms with Gasteiger partial charge in [-0.2, -0.15) is 0 Å². The molecule has 2 N–H and O–H groups in total. The van der Waals surface area contributed by atoms with E-state index in [2.05, 4.69) is 14.7 Å². The van der Waals surface area contributed by atoms with E-state index in [4.69, 9.17) is 0 Å². The standard InChI is InChI=1S/C20H14FN3O3S/c21-13-6-5-7-14(12-13)28(26,27)24-16-9-2-1-8-15(16)19-20(25)23-18-11-4-3-10-17(18)22-19/h1-12,24H,(H,23,25). The van der Waals surface area contributed by atoms with Crippen molar-refractivity contribution in [3.63, 3.8) is 0 Å². The van der Waals surface area contributed by atoms with Crippen LogP contribution in [0.1, 0.15) is 0 Å². The molecule has 0 saturated carbocycles. The maximum absolute atomic E-state index is 13.4. The number of anilines is 1. The first-order valence-corrected chi connectivity index (χ1v) is 9.79. The van der Waals surface area contributed by atoms with Crippen LogP contribution in [0.5, 0.6) is 0 Å². The molecule has 4 aromatic rings. The lowest BCUT2D eigenvalue weighted by atomic mass is 10.1. The largest absolute Gasteiger partial charge is 0.319 e. The molecule has 3 aromatic carbocycles. The first-order chi connectivity index (χ1) is 13.4. The number of nitrogens with zero attached hydrogens (tertiary/aromatic N) is 1. The van der Waals surface area contributed by atoms with Crippen molar-refractivity contribution in [2.45, 2.75) is 4.90 Å². The molecule has 0 unspecified atom stereocenters. The zero-order chi connectivity index (χ0) is 19.7. The lowest BCUT2D eigenvalue weighted by Crippen LogP contribution is -2.16. The van der Waals surface area contributed by atoms with Gasteiger partial charge in [0.2, 0.25) is 0 Å². The van der Waals surface area contributed by atoms with Crippen LogP contribution in [-0.2, 0) is 10.0 Å². The molecule has 140 valence electrons. The van der Waals surface area contributed by atoms with Crippen molar-refractivity contribution >= 4 is 26.7 Å². The number of aromatic nitrogens is 2. The number of benzene rings is 3. The van der Waals surface area contributed by atoms with Crippen LogP contribution >= 0.6 is 0 Å². The highest BCUT2D eigenvalue weighted by Crippen LogP contribution is 2.27. The monoisotopic (exact) mass is 395 g/mol. The molecule has 0 saturated heterocycles. The van der Waals surface area contributed by atoms with E-state index < -0.39 is 21.4 Å². The second-order valence-electron chi connectivity index (χ2n) is 6.04. The van der Waals surface area contributed by atoms with Gasteiger partial charge in [-0.1, -0.05) is 36.4 Å². The second kappa shape index (κ2) is 6.90. The molecule has 1 aromatic heterocycles. The number of nitrogens with one attached hydrogen (secondary N) is 2. The number of para-hydroxylation sites is 3. The third kappa shape index (κ3) is 3.37. The van der Waals surface area contributed by atoms with Crippen LogP contribution in [-0.4, -0.2) is 18.4 Å². The van der Waals surface area contributed by atoms with E-state index in [-0.39, 0.29) is 16.3 Å². The minimum Gasteiger partial charge on any atom is -0.319 e. The molecular formula is C20H14FN3O3S. The highest BCUT2D eigenvalue weighted by Gasteiger charge is 2.19. The molecule has 1 heterocycles. The summed E-state index contributed by atoms with van der Waals surface area (Å²) < 4.78 is 41.2. The highest BCUT2D eigenvalue weighted by atomic mass is 32.2. The summed E-state index contributed by atoms with van der Waals surface area (Å²) in [6, 6.07) is 18.1. The molecule has 0 atom stereocenters. The SMILES string of the molecule is O=c1[nH]c2ccccc2nc1-c1ccccc1NS(=O)(=O)c1cccc(F)c1. The van der Waals surface area contributed by atoms with Crippen LogP contribution in [0.25, 0.3) is 22.3 Å². The Morgan fingerprint density at radius 3 is 2.50 bits per heavy atom.